The maximum atomic E-state index is 13.5. The average Bonchev–Trinajstić information content (AvgIpc) is 2.76. The number of anilines is 1. The van der Waals surface area contributed by atoms with Crippen LogP contribution < -0.4 is 4.31 Å². The first-order valence-electron chi connectivity index (χ1n) is 10.4. The van der Waals surface area contributed by atoms with Gasteiger partial charge in [-0.2, -0.15) is 0 Å². The first kappa shape index (κ1) is 23.6. The van der Waals surface area contributed by atoms with Crippen molar-refractivity contribution < 1.29 is 13.7 Å². The number of aryl methyl sites for hydroxylation is 1. The van der Waals surface area contributed by atoms with Crippen molar-refractivity contribution in [3.63, 3.8) is 0 Å². The minimum Gasteiger partial charge on any atom is -0.447 e. The number of nitrogens with zero attached hydrogens (tertiary/aromatic N) is 3. The van der Waals surface area contributed by atoms with Gasteiger partial charge in [0.05, 0.1) is 16.6 Å². The van der Waals surface area contributed by atoms with Crippen molar-refractivity contribution in [1.82, 2.24) is 9.80 Å². The summed E-state index contributed by atoms with van der Waals surface area (Å²) in [6, 6.07) is 14.8. The zero-order chi connectivity index (χ0) is 22.4. The van der Waals surface area contributed by atoms with Gasteiger partial charge in [0.25, 0.3) is 0 Å². The van der Waals surface area contributed by atoms with Crippen LogP contribution in [0.25, 0.3) is 0 Å². The molecular weight excluding hydrogens is 434 g/mol. The van der Waals surface area contributed by atoms with E-state index in [1.165, 1.54) is 0 Å². The lowest BCUT2D eigenvalue weighted by Crippen LogP contribution is -2.44. The normalized spacial score (nSPS) is 16.7. The SMILES string of the molecule is CN(C)CCCN(C)C(=O)OCC1CCc2ccccc2N1S(=O)c1ccc(Cl)cc1. The van der Waals surface area contributed by atoms with Crippen LogP contribution in [0.15, 0.2) is 53.4 Å². The van der Waals surface area contributed by atoms with Gasteiger partial charge in [0.15, 0.2) is 11.0 Å². The van der Waals surface area contributed by atoms with E-state index in [-0.39, 0.29) is 18.7 Å². The Kier molecular flexibility index (Phi) is 8.35. The number of ether oxygens (including phenoxy) is 1. The van der Waals surface area contributed by atoms with Crippen LogP contribution in [0.1, 0.15) is 18.4 Å². The number of para-hydroxylation sites is 1. The zero-order valence-corrected chi connectivity index (χ0v) is 19.9. The number of carbonyl (C=O) groups excluding carboxylic acids is 1. The number of benzene rings is 2. The second-order valence-corrected chi connectivity index (χ2v) is 9.80. The lowest BCUT2D eigenvalue weighted by molar-refractivity contribution is 0.103. The van der Waals surface area contributed by atoms with Crippen LogP contribution in [0.5, 0.6) is 0 Å². The molecule has 0 aromatic heterocycles. The Labute approximate surface area is 192 Å². The monoisotopic (exact) mass is 463 g/mol. The van der Waals surface area contributed by atoms with Crippen molar-refractivity contribution >= 4 is 34.4 Å². The molecule has 0 saturated carbocycles. The number of rotatable bonds is 8. The summed E-state index contributed by atoms with van der Waals surface area (Å²) in [6.07, 6.45) is 2.14. The van der Waals surface area contributed by atoms with Crippen LogP contribution in [0, 0.1) is 0 Å². The van der Waals surface area contributed by atoms with Gasteiger partial charge in [-0.25, -0.2) is 9.00 Å². The Bertz CT molecular complexity index is 907. The van der Waals surface area contributed by atoms with Crippen molar-refractivity contribution in [2.75, 3.05) is 45.1 Å². The summed E-state index contributed by atoms with van der Waals surface area (Å²) in [5, 5.41) is 0.600. The highest BCUT2D eigenvalue weighted by atomic mass is 35.5. The maximum Gasteiger partial charge on any atom is 0.409 e. The molecule has 1 aliphatic heterocycles. The molecule has 0 bridgehead atoms. The molecule has 0 fully saturated rings. The lowest BCUT2D eigenvalue weighted by Gasteiger charge is -2.37. The summed E-state index contributed by atoms with van der Waals surface area (Å²) in [6.45, 7) is 1.72. The highest BCUT2D eigenvalue weighted by Gasteiger charge is 2.32. The van der Waals surface area contributed by atoms with Crippen LogP contribution in [0.3, 0.4) is 0 Å². The summed E-state index contributed by atoms with van der Waals surface area (Å²) >= 11 is 6.00. The first-order chi connectivity index (χ1) is 14.9. The topological polar surface area (TPSA) is 53.1 Å². The predicted octanol–water partition coefficient (Wildman–Crippen LogP) is 4.20. The largest absolute Gasteiger partial charge is 0.447 e. The Morgan fingerprint density at radius 1 is 1.13 bits per heavy atom. The standard InChI is InChI=1S/C23H30ClN3O3S/c1-25(2)15-6-16-26(3)23(28)30-17-20-12-9-18-7-4-5-8-22(18)27(20)31(29)21-13-10-19(24)11-14-21/h4-5,7-8,10-11,13-14,20H,6,9,12,15-17H2,1-3H3. The van der Waals surface area contributed by atoms with E-state index < -0.39 is 11.0 Å². The van der Waals surface area contributed by atoms with Gasteiger partial charge in [-0.15, -0.1) is 0 Å². The summed E-state index contributed by atoms with van der Waals surface area (Å²) in [7, 11) is 4.32. The first-order valence-corrected chi connectivity index (χ1v) is 11.9. The van der Waals surface area contributed by atoms with E-state index >= 15 is 0 Å². The van der Waals surface area contributed by atoms with Gasteiger partial charge in [0.2, 0.25) is 0 Å². The van der Waals surface area contributed by atoms with E-state index in [9.17, 15) is 9.00 Å². The second-order valence-electron chi connectivity index (χ2n) is 8.01. The van der Waals surface area contributed by atoms with Gasteiger partial charge in [0, 0.05) is 18.6 Å². The van der Waals surface area contributed by atoms with Crippen molar-refractivity contribution in [2.24, 2.45) is 0 Å². The third-order valence-electron chi connectivity index (χ3n) is 5.31. The molecule has 2 unspecified atom stereocenters. The van der Waals surface area contributed by atoms with E-state index in [0.29, 0.717) is 16.5 Å². The van der Waals surface area contributed by atoms with E-state index in [2.05, 4.69) is 11.0 Å². The third-order valence-corrected chi connectivity index (χ3v) is 7.09. The molecule has 0 radical (unpaired) electrons. The molecule has 1 amide bonds. The van der Waals surface area contributed by atoms with Crippen molar-refractivity contribution in [2.45, 2.75) is 30.2 Å². The third kappa shape index (κ3) is 6.21. The molecule has 0 aliphatic carbocycles. The zero-order valence-electron chi connectivity index (χ0n) is 18.3. The van der Waals surface area contributed by atoms with Crippen LogP contribution in [-0.2, 0) is 22.1 Å². The van der Waals surface area contributed by atoms with E-state index in [1.807, 2.05) is 36.6 Å². The molecule has 2 aromatic carbocycles. The fourth-order valence-corrected chi connectivity index (χ4v) is 5.12. The smallest absolute Gasteiger partial charge is 0.409 e. The van der Waals surface area contributed by atoms with Gasteiger partial charge < -0.3 is 14.5 Å². The number of carbonyl (C=O) groups is 1. The molecule has 2 aromatic rings. The fraction of sp³-hybridized carbons (Fsp3) is 0.435. The van der Waals surface area contributed by atoms with Gasteiger partial charge in [-0.1, -0.05) is 29.8 Å². The fourth-order valence-electron chi connectivity index (χ4n) is 3.61. The van der Waals surface area contributed by atoms with E-state index in [1.54, 1.807) is 36.2 Å². The molecule has 0 spiro atoms. The Morgan fingerprint density at radius 2 is 1.84 bits per heavy atom. The second kappa shape index (κ2) is 11.0. The molecule has 2 atom stereocenters. The molecule has 6 nitrogen and oxygen atoms in total. The number of hydrogen-bond donors (Lipinski definition) is 0. The summed E-state index contributed by atoms with van der Waals surface area (Å²) in [4.78, 5) is 16.8. The van der Waals surface area contributed by atoms with Gasteiger partial charge >= 0.3 is 6.09 Å². The molecule has 0 saturated heterocycles. The van der Waals surface area contributed by atoms with Gasteiger partial charge in [-0.05, 0) is 75.8 Å². The highest BCUT2D eigenvalue weighted by molar-refractivity contribution is 7.86. The molecular formula is C23H30ClN3O3S. The summed E-state index contributed by atoms with van der Waals surface area (Å²) in [5.74, 6) is 0. The number of amides is 1. The Balaban J connectivity index is 1.72. The highest BCUT2D eigenvalue weighted by Crippen LogP contribution is 2.34. The predicted molar refractivity (Wildman–Crippen MR) is 126 cm³/mol. The average molecular weight is 464 g/mol. The van der Waals surface area contributed by atoms with Gasteiger partial charge in [0.1, 0.15) is 6.61 Å². The molecule has 1 aliphatic rings. The minimum atomic E-state index is -1.44. The molecule has 31 heavy (non-hydrogen) atoms. The van der Waals surface area contributed by atoms with E-state index in [0.717, 1.165) is 37.1 Å². The van der Waals surface area contributed by atoms with Gasteiger partial charge in [-0.3, -0.25) is 4.31 Å². The van der Waals surface area contributed by atoms with Crippen molar-refractivity contribution in [3.8, 4) is 0 Å². The molecule has 168 valence electrons. The minimum absolute atomic E-state index is 0.175. The Morgan fingerprint density at radius 3 is 2.55 bits per heavy atom. The molecule has 1 heterocycles. The summed E-state index contributed by atoms with van der Waals surface area (Å²) < 4.78 is 21.0. The number of halogens is 1. The Hall–Kier alpha value is -2.09. The maximum absolute atomic E-state index is 13.5. The van der Waals surface area contributed by atoms with Crippen LogP contribution in [-0.4, -0.2) is 67.0 Å². The van der Waals surface area contributed by atoms with E-state index in [4.69, 9.17) is 16.3 Å². The van der Waals surface area contributed by atoms with Crippen LogP contribution in [0.2, 0.25) is 5.02 Å². The summed E-state index contributed by atoms with van der Waals surface area (Å²) in [5.41, 5.74) is 2.07. The van der Waals surface area contributed by atoms with Crippen LogP contribution >= 0.6 is 11.6 Å². The lowest BCUT2D eigenvalue weighted by atomic mass is 9.98. The van der Waals surface area contributed by atoms with Crippen molar-refractivity contribution in [3.05, 3.63) is 59.1 Å². The quantitative estimate of drug-likeness (QED) is 0.588. The molecule has 8 heteroatoms. The molecule has 0 N–H and O–H groups in total. The van der Waals surface area contributed by atoms with Crippen LogP contribution in [0.4, 0.5) is 10.5 Å². The number of fused-ring (bicyclic) bond motifs is 1. The van der Waals surface area contributed by atoms with Crippen molar-refractivity contribution in [1.29, 1.82) is 0 Å². The molecule has 3 rings (SSSR count). The number of hydrogen-bond acceptors (Lipinski definition) is 4.